The summed E-state index contributed by atoms with van der Waals surface area (Å²) in [6.45, 7) is 2.25. The Labute approximate surface area is 75.8 Å². The van der Waals surface area contributed by atoms with Gasteiger partial charge in [-0.25, -0.2) is 0 Å². The quantitative estimate of drug-likeness (QED) is 0.555. The largest absolute Gasteiger partial charge is 0.0857 e. The van der Waals surface area contributed by atoms with Crippen LogP contribution in [0.3, 0.4) is 0 Å². The predicted octanol–water partition coefficient (Wildman–Crippen LogP) is 3.23. The van der Waals surface area contributed by atoms with E-state index in [1.54, 1.807) is 0 Å². The highest BCUT2D eigenvalue weighted by Gasteiger charge is 1.99. The van der Waals surface area contributed by atoms with E-state index in [-0.39, 0.29) is 0 Å². The topological polar surface area (TPSA) is 0 Å². The Hall–Kier alpha value is -0.0500. The van der Waals surface area contributed by atoms with Crippen LogP contribution in [0.4, 0.5) is 0 Å². The normalized spacial score (nSPS) is 13.0. The second-order valence-corrected chi connectivity index (χ2v) is 3.35. The van der Waals surface area contributed by atoms with Gasteiger partial charge in [-0.2, -0.15) is 0 Å². The van der Waals surface area contributed by atoms with Gasteiger partial charge in [0, 0.05) is 4.43 Å². The minimum absolute atomic E-state index is 0.696. The summed E-state index contributed by atoms with van der Waals surface area (Å²) < 4.78 is 1.20. The fourth-order valence-electron chi connectivity index (χ4n) is 0.871. The van der Waals surface area contributed by atoms with E-state index >= 15 is 0 Å². The van der Waals surface area contributed by atoms with Crippen molar-refractivity contribution in [3.8, 4) is 0 Å². The molecule has 0 unspecified atom stereocenters. The molecule has 0 N–H and O–H groups in total. The number of rotatable bonds is 2. The Bertz CT molecular complexity index is 181. The van der Waals surface area contributed by atoms with Crippen molar-refractivity contribution in [1.29, 1.82) is 0 Å². The van der Waals surface area contributed by atoms with Gasteiger partial charge >= 0.3 is 0 Å². The van der Waals surface area contributed by atoms with Crippen LogP contribution < -0.4 is 0 Å². The van der Waals surface area contributed by atoms with Crippen molar-refractivity contribution in [2.45, 2.75) is 12.8 Å². The molecule has 0 bridgehead atoms. The van der Waals surface area contributed by atoms with E-state index in [1.807, 2.05) is 0 Å². The molecular weight excluding hydrogens is 235 g/mol. The average molecular weight is 246 g/mol. The van der Waals surface area contributed by atoms with Crippen LogP contribution in [0.2, 0.25) is 0 Å². The van der Waals surface area contributed by atoms with E-state index in [9.17, 15) is 0 Å². The zero-order valence-electron chi connectivity index (χ0n) is 6.05. The summed E-state index contributed by atoms with van der Waals surface area (Å²) in [6.07, 6.45) is 0. The summed E-state index contributed by atoms with van der Waals surface area (Å²) in [6, 6.07) is 10.6. The minimum atomic E-state index is 0.696. The fourth-order valence-corrected chi connectivity index (χ4v) is 1.38. The smallest absolute Gasteiger partial charge is 0.00616 e. The van der Waals surface area contributed by atoms with Gasteiger partial charge in [0.15, 0.2) is 0 Å². The van der Waals surface area contributed by atoms with Crippen LogP contribution in [0.1, 0.15) is 18.4 Å². The highest BCUT2D eigenvalue weighted by atomic mass is 127. The number of halogens is 1. The second-order valence-electron chi connectivity index (χ2n) is 2.47. The maximum Gasteiger partial charge on any atom is 0.00616 e. The lowest BCUT2D eigenvalue weighted by Crippen LogP contribution is -1.92. The minimum Gasteiger partial charge on any atom is -0.0857 e. The molecule has 10 heavy (non-hydrogen) atoms. The lowest BCUT2D eigenvalue weighted by Gasteiger charge is -2.05. The molecule has 0 nitrogen and oxygen atoms in total. The standard InChI is InChI=1S/C9H11I/c1-8(7-10)9-5-3-2-4-6-9/h2-6,8H,7H2,1H3/t8-/m1/s1. The molecule has 1 rings (SSSR count). The van der Waals surface area contributed by atoms with Crippen molar-refractivity contribution in [3.63, 3.8) is 0 Å². The molecule has 0 heterocycles. The van der Waals surface area contributed by atoms with Crippen molar-refractivity contribution in [2.75, 3.05) is 4.43 Å². The maximum atomic E-state index is 2.42. The lowest BCUT2D eigenvalue weighted by molar-refractivity contribution is 0.896. The predicted molar refractivity (Wildman–Crippen MR) is 53.7 cm³/mol. The van der Waals surface area contributed by atoms with Crippen LogP contribution >= 0.6 is 22.6 Å². The molecule has 0 saturated heterocycles. The summed E-state index contributed by atoms with van der Waals surface area (Å²) in [5, 5.41) is 0. The summed E-state index contributed by atoms with van der Waals surface area (Å²) in [4.78, 5) is 0. The van der Waals surface area contributed by atoms with E-state index in [4.69, 9.17) is 0 Å². The Morgan fingerprint density at radius 1 is 1.30 bits per heavy atom. The van der Waals surface area contributed by atoms with E-state index in [0.29, 0.717) is 5.92 Å². The number of benzene rings is 1. The molecule has 1 atom stereocenters. The monoisotopic (exact) mass is 246 g/mol. The van der Waals surface area contributed by atoms with Gasteiger partial charge in [0.2, 0.25) is 0 Å². The second kappa shape index (κ2) is 3.96. The molecular formula is C9H11I. The van der Waals surface area contributed by atoms with Gasteiger partial charge in [-0.05, 0) is 11.5 Å². The Balaban J connectivity index is 2.75. The van der Waals surface area contributed by atoms with E-state index in [1.165, 1.54) is 9.99 Å². The molecule has 0 aromatic heterocycles. The molecule has 0 radical (unpaired) electrons. The number of hydrogen-bond donors (Lipinski definition) is 0. The highest BCUT2D eigenvalue weighted by molar-refractivity contribution is 14.1. The van der Waals surface area contributed by atoms with E-state index in [0.717, 1.165) is 0 Å². The fraction of sp³-hybridized carbons (Fsp3) is 0.333. The van der Waals surface area contributed by atoms with Crippen LogP contribution in [0, 0.1) is 0 Å². The first-order valence-corrected chi connectivity index (χ1v) is 4.98. The first kappa shape index (κ1) is 8.05. The molecule has 0 aliphatic carbocycles. The van der Waals surface area contributed by atoms with E-state index < -0.39 is 0 Å². The summed E-state index contributed by atoms with van der Waals surface area (Å²) >= 11 is 2.42. The van der Waals surface area contributed by atoms with Crippen LogP contribution in [0.5, 0.6) is 0 Å². The van der Waals surface area contributed by atoms with E-state index in [2.05, 4.69) is 59.8 Å². The molecule has 0 amide bonds. The van der Waals surface area contributed by atoms with Gasteiger partial charge in [-0.15, -0.1) is 0 Å². The van der Waals surface area contributed by atoms with Gasteiger partial charge in [-0.1, -0.05) is 59.8 Å². The summed E-state index contributed by atoms with van der Waals surface area (Å²) in [5.41, 5.74) is 1.44. The lowest BCUT2D eigenvalue weighted by atomic mass is 10.0. The van der Waals surface area contributed by atoms with Crippen LogP contribution in [0.15, 0.2) is 30.3 Å². The summed E-state index contributed by atoms with van der Waals surface area (Å²) in [7, 11) is 0. The van der Waals surface area contributed by atoms with Crippen molar-refractivity contribution in [3.05, 3.63) is 35.9 Å². The molecule has 1 aromatic carbocycles. The Morgan fingerprint density at radius 3 is 2.40 bits per heavy atom. The molecule has 0 aliphatic rings. The van der Waals surface area contributed by atoms with Crippen molar-refractivity contribution >= 4 is 22.6 Å². The first-order chi connectivity index (χ1) is 4.84. The molecule has 0 fully saturated rings. The third-order valence-electron chi connectivity index (χ3n) is 1.60. The third-order valence-corrected chi connectivity index (χ3v) is 2.92. The molecule has 0 spiro atoms. The number of alkyl halides is 1. The van der Waals surface area contributed by atoms with Gasteiger partial charge < -0.3 is 0 Å². The molecule has 1 heteroatoms. The van der Waals surface area contributed by atoms with Crippen LogP contribution in [-0.2, 0) is 0 Å². The van der Waals surface area contributed by atoms with Gasteiger partial charge in [-0.3, -0.25) is 0 Å². The zero-order chi connectivity index (χ0) is 7.40. The Morgan fingerprint density at radius 2 is 1.90 bits per heavy atom. The van der Waals surface area contributed by atoms with Crippen LogP contribution in [-0.4, -0.2) is 4.43 Å². The van der Waals surface area contributed by atoms with Gasteiger partial charge in [0.05, 0.1) is 0 Å². The Kier molecular flexibility index (Phi) is 3.19. The highest BCUT2D eigenvalue weighted by Crippen LogP contribution is 2.16. The average Bonchev–Trinajstić information content (AvgIpc) is 2.05. The molecule has 1 aromatic rings. The van der Waals surface area contributed by atoms with Crippen LogP contribution in [0.25, 0.3) is 0 Å². The van der Waals surface area contributed by atoms with Crippen molar-refractivity contribution < 1.29 is 0 Å². The van der Waals surface area contributed by atoms with Gasteiger partial charge in [0.1, 0.15) is 0 Å². The number of hydrogen-bond acceptors (Lipinski definition) is 0. The van der Waals surface area contributed by atoms with Crippen molar-refractivity contribution in [1.82, 2.24) is 0 Å². The third kappa shape index (κ3) is 1.97. The summed E-state index contributed by atoms with van der Waals surface area (Å²) in [5.74, 6) is 0.696. The molecule has 0 saturated carbocycles. The first-order valence-electron chi connectivity index (χ1n) is 3.45. The molecule has 54 valence electrons. The SMILES string of the molecule is C[C@H](CI)c1ccccc1. The zero-order valence-corrected chi connectivity index (χ0v) is 8.21. The molecule has 0 aliphatic heterocycles. The van der Waals surface area contributed by atoms with Gasteiger partial charge in [0.25, 0.3) is 0 Å². The maximum absolute atomic E-state index is 2.42. The van der Waals surface area contributed by atoms with Crippen molar-refractivity contribution in [2.24, 2.45) is 0 Å².